The van der Waals surface area contributed by atoms with Gasteiger partial charge in [-0.1, -0.05) is 49.3 Å². The van der Waals surface area contributed by atoms with Crippen LogP contribution in [0.2, 0.25) is 0 Å². The van der Waals surface area contributed by atoms with Crippen molar-refractivity contribution in [2.24, 2.45) is 11.3 Å². The second-order valence-electron chi connectivity index (χ2n) is 8.06. The molecule has 2 bridgehead atoms. The van der Waals surface area contributed by atoms with E-state index in [1.165, 1.54) is 28.3 Å². The van der Waals surface area contributed by atoms with E-state index in [4.69, 9.17) is 0 Å². The number of Topliss-reactive ketones (excluding diaryl/α,β-unsaturated/α-hetero) is 1. The van der Waals surface area contributed by atoms with Crippen molar-refractivity contribution in [3.63, 3.8) is 0 Å². The Morgan fingerprint density at radius 3 is 2.92 bits per heavy atom. The molecule has 1 heteroatoms. The fourth-order valence-electron chi connectivity index (χ4n) is 5.55. The Morgan fingerprint density at radius 2 is 2.17 bits per heavy atom. The first kappa shape index (κ1) is 14.5. The molecule has 3 aliphatic carbocycles. The van der Waals surface area contributed by atoms with Gasteiger partial charge in [0, 0.05) is 11.0 Å². The monoisotopic (exact) mass is 316 g/mol. The van der Waals surface area contributed by atoms with E-state index in [0.29, 0.717) is 11.7 Å². The lowest BCUT2D eigenvalue weighted by Crippen LogP contribution is -2.39. The molecule has 0 N–H and O–H groups in total. The van der Waals surface area contributed by atoms with E-state index < -0.39 is 0 Å². The zero-order valence-electron chi connectivity index (χ0n) is 14.4. The fraction of sp³-hybridized carbons (Fsp3) is 0.435. The van der Waals surface area contributed by atoms with Gasteiger partial charge in [0.05, 0.1) is 0 Å². The molecule has 0 aromatic heterocycles. The topological polar surface area (TPSA) is 17.1 Å². The summed E-state index contributed by atoms with van der Waals surface area (Å²) in [5.41, 5.74) is 5.18. The molecule has 0 radical (unpaired) electrons. The summed E-state index contributed by atoms with van der Waals surface area (Å²) in [5, 5.41) is 2.60. The molecule has 2 aromatic rings. The quantitative estimate of drug-likeness (QED) is 0.654. The van der Waals surface area contributed by atoms with Gasteiger partial charge < -0.3 is 0 Å². The number of hydrogen-bond donors (Lipinski definition) is 0. The van der Waals surface area contributed by atoms with Gasteiger partial charge in [-0.15, -0.1) is 0 Å². The summed E-state index contributed by atoms with van der Waals surface area (Å²) < 4.78 is 0. The van der Waals surface area contributed by atoms with Crippen LogP contribution < -0.4 is 0 Å². The molecule has 5 rings (SSSR count). The van der Waals surface area contributed by atoms with Crippen LogP contribution in [-0.2, 0) is 12.8 Å². The lowest BCUT2D eigenvalue weighted by Gasteiger charge is -2.39. The van der Waals surface area contributed by atoms with Crippen molar-refractivity contribution in [1.82, 2.24) is 0 Å². The Labute approximate surface area is 143 Å². The van der Waals surface area contributed by atoms with E-state index in [1.807, 2.05) is 0 Å². The number of carbonyl (C=O) groups is 1. The number of ketones is 1. The summed E-state index contributed by atoms with van der Waals surface area (Å²) in [6.45, 7) is 2.22. The van der Waals surface area contributed by atoms with Crippen LogP contribution in [0.1, 0.15) is 60.5 Å². The second kappa shape index (κ2) is 5.05. The van der Waals surface area contributed by atoms with Crippen molar-refractivity contribution in [2.45, 2.75) is 51.9 Å². The van der Waals surface area contributed by atoms with Gasteiger partial charge in [-0.25, -0.2) is 0 Å². The second-order valence-corrected chi connectivity index (χ2v) is 8.06. The van der Waals surface area contributed by atoms with Crippen LogP contribution >= 0.6 is 0 Å². The van der Waals surface area contributed by atoms with E-state index >= 15 is 0 Å². The van der Waals surface area contributed by atoms with E-state index in [2.05, 4.69) is 43.3 Å². The van der Waals surface area contributed by atoms with E-state index in [0.717, 1.165) is 44.1 Å². The predicted octanol–water partition coefficient (Wildman–Crippen LogP) is 5.65. The van der Waals surface area contributed by atoms with Crippen molar-refractivity contribution in [1.29, 1.82) is 0 Å². The summed E-state index contributed by atoms with van der Waals surface area (Å²) in [6.07, 6.45) is 10.1. The van der Waals surface area contributed by atoms with Crippen LogP contribution in [0.3, 0.4) is 0 Å². The Hall–Kier alpha value is -1.89. The van der Waals surface area contributed by atoms with Gasteiger partial charge in [-0.2, -0.15) is 0 Å². The van der Waals surface area contributed by atoms with Gasteiger partial charge in [-0.05, 0) is 72.4 Å². The first-order chi connectivity index (χ1) is 11.7. The minimum atomic E-state index is -0.0650. The Balaban J connectivity index is 1.66. The Morgan fingerprint density at radius 1 is 1.25 bits per heavy atom. The van der Waals surface area contributed by atoms with Gasteiger partial charge in [0.1, 0.15) is 0 Å². The molecular weight excluding hydrogens is 292 g/mol. The molecule has 0 heterocycles. The van der Waals surface area contributed by atoms with Gasteiger partial charge in [0.2, 0.25) is 0 Å². The molecule has 2 atom stereocenters. The van der Waals surface area contributed by atoms with Crippen LogP contribution in [0.4, 0.5) is 0 Å². The molecule has 0 amide bonds. The van der Waals surface area contributed by atoms with E-state index in [1.54, 1.807) is 5.57 Å². The number of benzene rings is 2. The molecule has 1 nitrogen and oxygen atoms in total. The van der Waals surface area contributed by atoms with Crippen LogP contribution in [0.25, 0.3) is 10.8 Å². The molecule has 0 aliphatic heterocycles. The molecule has 24 heavy (non-hydrogen) atoms. The first-order valence-corrected chi connectivity index (χ1v) is 9.48. The highest BCUT2D eigenvalue weighted by atomic mass is 16.1. The third-order valence-electron chi connectivity index (χ3n) is 6.77. The minimum absolute atomic E-state index is 0.0650. The van der Waals surface area contributed by atoms with Crippen molar-refractivity contribution in [3.05, 3.63) is 58.7 Å². The number of carbonyl (C=O) groups excluding carboxylic acids is 1. The zero-order valence-corrected chi connectivity index (χ0v) is 14.4. The molecular formula is C23H24O. The van der Waals surface area contributed by atoms with Crippen molar-refractivity contribution >= 4 is 16.6 Å². The van der Waals surface area contributed by atoms with Crippen molar-refractivity contribution in [3.8, 4) is 0 Å². The van der Waals surface area contributed by atoms with E-state index in [-0.39, 0.29) is 5.41 Å². The average molecular weight is 316 g/mol. The molecule has 122 valence electrons. The number of rotatable bonds is 2. The third-order valence-corrected chi connectivity index (χ3v) is 6.77. The molecule has 0 saturated heterocycles. The maximum Gasteiger partial charge on any atom is 0.169 e. The SMILES string of the molecule is CCCc1cccc2cc3c(cc12)C(=O)C1(CC3)CC2=CCC1C2. The minimum Gasteiger partial charge on any atom is -0.294 e. The van der Waals surface area contributed by atoms with Crippen LogP contribution in [0.15, 0.2) is 42.0 Å². The standard InChI is InChI=1S/C23H24O/c1-2-4-16-5-3-6-17-12-18-9-10-23(14-15-7-8-19(23)11-15)22(24)21(18)13-20(16)17/h3,5-7,12-13,19H,2,4,8-11,14H2,1H3. The average Bonchev–Trinajstić information content (AvgIpc) is 3.20. The normalized spacial score (nSPS) is 27.8. The summed E-state index contributed by atoms with van der Waals surface area (Å²) in [5.74, 6) is 1.03. The molecule has 1 saturated carbocycles. The lowest BCUT2D eigenvalue weighted by molar-refractivity contribution is 0.0671. The highest BCUT2D eigenvalue weighted by Gasteiger charge is 2.53. The molecule has 1 spiro atoms. The summed E-state index contributed by atoms with van der Waals surface area (Å²) in [6, 6.07) is 11.1. The molecule has 1 fully saturated rings. The Kier molecular flexibility index (Phi) is 3.04. The predicted molar refractivity (Wildman–Crippen MR) is 98.5 cm³/mol. The van der Waals surface area contributed by atoms with Crippen LogP contribution in [-0.4, -0.2) is 5.78 Å². The fourth-order valence-corrected chi connectivity index (χ4v) is 5.55. The maximum absolute atomic E-state index is 13.5. The Bertz CT molecular complexity index is 888. The molecule has 2 unspecified atom stereocenters. The zero-order chi connectivity index (χ0) is 16.3. The molecule has 3 aliphatic rings. The lowest BCUT2D eigenvalue weighted by atomic mass is 9.63. The number of hydrogen-bond acceptors (Lipinski definition) is 1. The highest BCUT2D eigenvalue weighted by molar-refractivity contribution is 6.07. The number of fused-ring (bicyclic) bond motifs is 5. The number of aryl methyl sites for hydroxylation is 2. The van der Waals surface area contributed by atoms with Crippen LogP contribution in [0.5, 0.6) is 0 Å². The third kappa shape index (κ3) is 1.84. The maximum atomic E-state index is 13.5. The summed E-state index contributed by atoms with van der Waals surface area (Å²) in [7, 11) is 0. The smallest absolute Gasteiger partial charge is 0.169 e. The summed E-state index contributed by atoms with van der Waals surface area (Å²) >= 11 is 0. The van der Waals surface area contributed by atoms with Gasteiger partial charge in [-0.3, -0.25) is 4.79 Å². The largest absolute Gasteiger partial charge is 0.294 e. The van der Waals surface area contributed by atoms with Gasteiger partial charge in [0.15, 0.2) is 5.78 Å². The van der Waals surface area contributed by atoms with Gasteiger partial charge >= 0.3 is 0 Å². The van der Waals surface area contributed by atoms with Crippen molar-refractivity contribution < 1.29 is 4.79 Å². The summed E-state index contributed by atoms with van der Waals surface area (Å²) in [4.78, 5) is 13.5. The van der Waals surface area contributed by atoms with Gasteiger partial charge in [0.25, 0.3) is 0 Å². The highest BCUT2D eigenvalue weighted by Crippen LogP contribution is 2.58. The van der Waals surface area contributed by atoms with E-state index in [9.17, 15) is 4.79 Å². The van der Waals surface area contributed by atoms with Crippen molar-refractivity contribution in [2.75, 3.05) is 0 Å². The first-order valence-electron chi connectivity index (χ1n) is 9.48. The number of allylic oxidation sites excluding steroid dienone is 2. The molecule has 2 aromatic carbocycles. The van der Waals surface area contributed by atoms with Crippen LogP contribution in [0, 0.1) is 11.3 Å².